The van der Waals surface area contributed by atoms with Crippen molar-refractivity contribution in [1.29, 1.82) is 5.26 Å². The third-order valence-corrected chi connectivity index (χ3v) is 3.72. The average Bonchev–Trinajstić information content (AvgIpc) is 3.12. The van der Waals surface area contributed by atoms with Gasteiger partial charge in [0.15, 0.2) is 5.82 Å². The van der Waals surface area contributed by atoms with Crippen LogP contribution in [0, 0.1) is 24.1 Å². The number of amides is 1. The van der Waals surface area contributed by atoms with Crippen LogP contribution in [0.4, 0.5) is 10.2 Å². The summed E-state index contributed by atoms with van der Waals surface area (Å²) in [6, 6.07) is 14.5. The molecule has 0 aliphatic rings. The van der Waals surface area contributed by atoms with E-state index in [0.717, 1.165) is 0 Å². The van der Waals surface area contributed by atoms with Crippen LogP contribution in [-0.4, -0.2) is 17.0 Å². The summed E-state index contributed by atoms with van der Waals surface area (Å²) in [5, 5.41) is 15.3. The van der Waals surface area contributed by atoms with Gasteiger partial charge in [-0.3, -0.25) is 4.79 Å². The van der Waals surface area contributed by atoms with Gasteiger partial charge in [0.2, 0.25) is 0 Å². The van der Waals surface area contributed by atoms with E-state index in [2.05, 4.69) is 10.5 Å². The molecule has 29 heavy (non-hydrogen) atoms. The minimum Gasteiger partial charge on any atom is -0.423 e. The Morgan fingerprint density at radius 3 is 2.45 bits per heavy atom. The Kier molecular flexibility index (Phi) is 5.80. The Morgan fingerprint density at radius 1 is 1.17 bits per heavy atom. The molecular weight excluding hydrogens is 377 g/mol. The maximum Gasteiger partial charge on any atom is 0.343 e. The second-order valence-corrected chi connectivity index (χ2v) is 5.91. The zero-order chi connectivity index (χ0) is 20.8. The molecule has 0 fully saturated rings. The number of carbonyl (C=O) groups is 2. The lowest BCUT2D eigenvalue weighted by Gasteiger charge is -2.05. The van der Waals surface area contributed by atoms with Crippen molar-refractivity contribution in [2.75, 3.05) is 5.32 Å². The van der Waals surface area contributed by atoms with E-state index in [4.69, 9.17) is 9.26 Å². The number of nitrogens with one attached hydrogen (secondary N) is 1. The molecule has 2 aromatic carbocycles. The molecule has 0 aliphatic heterocycles. The van der Waals surface area contributed by atoms with E-state index >= 15 is 0 Å². The van der Waals surface area contributed by atoms with Gasteiger partial charge in [0, 0.05) is 6.07 Å². The number of hydrogen-bond acceptors (Lipinski definition) is 6. The van der Waals surface area contributed by atoms with E-state index in [-0.39, 0.29) is 22.7 Å². The Labute approximate surface area is 165 Å². The molecule has 1 amide bonds. The van der Waals surface area contributed by atoms with Crippen LogP contribution in [0.1, 0.15) is 21.7 Å². The predicted molar refractivity (Wildman–Crippen MR) is 101 cm³/mol. The van der Waals surface area contributed by atoms with Crippen molar-refractivity contribution in [1.82, 2.24) is 5.16 Å². The zero-order valence-electron chi connectivity index (χ0n) is 15.2. The van der Waals surface area contributed by atoms with Crippen molar-refractivity contribution in [3.8, 4) is 11.8 Å². The highest BCUT2D eigenvalue weighted by Gasteiger charge is 2.12. The summed E-state index contributed by atoms with van der Waals surface area (Å²) >= 11 is 0. The summed E-state index contributed by atoms with van der Waals surface area (Å²) in [5.74, 6) is -0.725. The van der Waals surface area contributed by atoms with E-state index < -0.39 is 17.7 Å². The van der Waals surface area contributed by atoms with E-state index in [9.17, 15) is 19.2 Å². The van der Waals surface area contributed by atoms with Gasteiger partial charge in [-0.15, -0.1) is 0 Å². The van der Waals surface area contributed by atoms with Crippen molar-refractivity contribution in [2.45, 2.75) is 6.92 Å². The fourth-order valence-corrected chi connectivity index (χ4v) is 2.31. The number of nitriles is 1. The second-order valence-electron chi connectivity index (χ2n) is 5.91. The lowest BCUT2D eigenvalue weighted by molar-refractivity contribution is -0.112. The van der Waals surface area contributed by atoms with Gasteiger partial charge in [0.1, 0.15) is 29.0 Å². The first-order valence-electron chi connectivity index (χ1n) is 8.39. The molecule has 1 N–H and O–H groups in total. The highest BCUT2D eigenvalue weighted by Crippen LogP contribution is 2.17. The fourth-order valence-electron chi connectivity index (χ4n) is 2.31. The molecule has 1 heterocycles. The molecule has 1 aromatic heterocycles. The van der Waals surface area contributed by atoms with Crippen LogP contribution in [0.5, 0.6) is 5.75 Å². The van der Waals surface area contributed by atoms with Gasteiger partial charge >= 0.3 is 5.97 Å². The van der Waals surface area contributed by atoms with Crippen LogP contribution in [0.25, 0.3) is 6.08 Å². The summed E-state index contributed by atoms with van der Waals surface area (Å²) < 4.78 is 23.0. The summed E-state index contributed by atoms with van der Waals surface area (Å²) in [4.78, 5) is 24.2. The Morgan fingerprint density at radius 2 is 1.86 bits per heavy atom. The van der Waals surface area contributed by atoms with Crippen molar-refractivity contribution in [3.05, 3.63) is 82.9 Å². The lowest BCUT2D eigenvalue weighted by atomic mass is 10.1. The summed E-state index contributed by atoms with van der Waals surface area (Å²) in [6.07, 6.45) is 1.38. The van der Waals surface area contributed by atoms with Crippen molar-refractivity contribution in [3.63, 3.8) is 0 Å². The topological polar surface area (TPSA) is 105 Å². The van der Waals surface area contributed by atoms with E-state index in [0.29, 0.717) is 11.3 Å². The number of benzene rings is 2. The van der Waals surface area contributed by atoms with Gasteiger partial charge in [-0.2, -0.15) is 5.26 Å². The first kappa shape index (κ1) is 19.5. The SMILES string of the molecule is Cc1cc(NC(=O)/C(C#N)=C\c2ccc(OC(=O)c3ccc(F)cc3)cc2)no1. The van der Waals surface area contributed by atoms with Gasteiger partial charge in [0.25, 0.3) is 5.91 Å². The molecule has 0 saturated carbocycles. The number of carbonyl (C=O) groups excluding carboxylic acids is 2. The zero-order valence-corrected chi connectivity index (χ0v) is 15.2. The number of nitrogens with zero attached hydrogens (tertiary/aromatic N) is 2. The van der Waals surface area contributed by atoms with Crippen LogP contribution in [-0.2, 0) is 4.79 Å². The Bertz CT molecular complexity index is 1110. The van der Waals surface area contributed by atoms with Crippen molar-refractivity contribution in [2.24, 2.45) is 0 Å². The smallest absolute Gasteiger partial charge is 0.343 e. The first-order valence-corrected chi connectivity index (χ1v) is 8.39. The van der Waals surface area contributed by atoms with E-state index in [1.54, 1.807) is 19.1 Å². The Balaban J connectivity index is 1.68. The maximum atomic E-state index is 12.9. The largest absolute Gasteiger partial charge is 0.423 e. The summed E-state index contributed by atoms with van der Waals surface area (Å²) in [5.41, 5.74) is 0.623. The molecule has 7 nitrogen and oxygen atoms in total. The molecule has 8 heteroatoms. The average molecular weight is 391 g/mol. The standard InChI is InChI=1S/C21H14FN3O4/c1-13-10-19(25-29-13)24-20(26)16(12-23)11-14-2-8-18(9-3-14)28-21(27)15-4-6-17(22)7-5-15/h2-11H,1H3,(H,24,25,26)/b16-11-. The molecule has 0 unspecified atom stereocenters. The number of rotatable bonds is 5. The first-order chi connectivity index (χ1) is 13.9. The normalized spacial score (nSPS) is 10.9. The number of hydrogen-bond donors (Lipinski definition) is 1. The van der Waals surface area contributed by atoms with Crippen molar-refractivity contribution < 1.29 is 23.2 Å². The number of esters is 1. The number of anilines is 1. The molecule has 3 rings (SSSR count). The van der Waals surface area contributed by atoms with Crippen LogP contribution in [0.15, 0.2) is 64.7 Å². The number of ether oxygens (including phenoxy) is 1. The van der Waals surface area contributed by atoms with Crippen LogP contribution >= 0.6 is 0 Å². The number of aryl methyl sites for hydroxylation is 1. The Hall–Kier alpha value is -4.25. The minimum atomic E-state index is -0.632. The van der Waals surface area contributed by atoms with Gasteiger partial charge in [0.05, 0.1) is 5.56 Å². The molecule has 3 aromatic rings. The molecule has 0 bridgehead atoms. The van der Waals surface area contributed by atoms with Gasteiger partial charge in [-0.05, 0) is 55.0 Å². The predicted octanol–water partition coefficient (Wildman–Crippen LogP) is 3.89. The fraction of sp³-hybridized carbons (Fsp3) is 0.0476. The third-order valence-electron chi connectivity index (χ3n) is 3.72. The molecular formula is C21H14FN3O4. The lowest BCUT2D eigenvalue weighted by Crippen LogP contribution is -2.13. The van der Waals surface area contributed by atoms with Crippen molar-refractivity contribution >= 4 is 23.8 Å². The highest BCUT2D eigenvalue weighted by atomic mass is 19.1. The van der Waals surface area contributed by atoms with Gasteiger partial charge < -0.3 is 14.6 Å². The monoisotopic (exact) mass is 391 g/mol. The molecule has 0 spiro atoms. The van der Waals surface area contributed by atoms with Crippen LogP contribution in [0.2, 0.25) is 0 Å². The van der Waals surface area contributed by atoms with Crippen LogP contribution < -0.4 is 10.1 Å². The quantitative estimate of drug-likeness (QED) is 0.306. The van der Waals surface area contributed by atoms with E-state index in [1.807, 2.05) is 6.07 Å². The van der Waals surface area contributed by atoms with Gasteiger partial charge in [-0.25, -0.2) is 9.18 Å². The summed E-state index contributed by atoms with van der Waals surface area (Å²) in [6.45, 7) is 1.67. The highest BCUT2D eigenvalue weighted by molar-refractivity contribution is 6.09. The van der Waals surface area contributed by atoms with Gasteiger partial charge in [-0.1, -0.05) is 17.3 Å². The number of halogens is 1. The summed E-state index contributed by atoms with van der Waals surface area (Å²) in [7, 11) is 0. The maximum absolute atomic E-state index is 12.9. The second kappa shape index (κ2) is 8.63. The minimum absolute atomic E-state index is 0.137. The molecule has 0 radical (unpaired) electrons. The number of aromatic nitrogens is 1. The van der Waals surface area contributed by atoms with E-state index in [1.165, 1.54) is 48.5 Å². The van der Waals surface area contributed by atoms with Crippen LogP contribution in [0.3, 0.4) is 0 Å². The molecule has 0 atom stereocenters. The molecule has 144 valence electrons. The molecule has 0 aliphatic carbocycles. The molecule has 0 saturated heterocycles. The third kappa shape index (κ3) is 5.14.